The van der Waals surface area contributed by atoms with Crippen LogP contribution in [-0.2, 0) is 30.1 Å². The minimum Gasteiger partial charge on any atom is -0.465 e. The van der Waals surface area contributed by atoms with Gasteiger partial charge in [-0.2, -0.15) is 10.1 Å². The number of carbonyl (C=O) groups is 1. The van der Waals surface area contributed by atoms with E-state index in [1.165, 1.54) is 12.7 Å². The molecule has 0 spiro atoms. The van der Waals surface area contributed by atoms with Gasteiger partial charge in [0.15, 0.2) is 11.2 Å². The molecule has 0 saturated heterocycles. The maximum absolute atomic E-state index is 14.1. The van der Waals surface area contributed by atoms with Crippen molar-refractivity contribution in [2.24, 2.45) is 10.9 Å². The highest BCUT2D eigenvalue weighted by molar-refractivity contribution is 7.52. The van der Waals surface area contributed by atoms with E-state index < -0.39 is 25.3 Å². The normalized spacial score (nSPS) is 13.9. The number of aromatic amines is 1. The fraction of sp³-hybridized carbons (Fsp3) is 0.393. The van der Waals surface area contributed by atoms with Gasteiger partial charge in [0.25, 0.3) is 5.56 Å². The Balaban J connectivity index is 1.48. The number of imidazole rings is 1. The summed E-state index contributed by atoms with van der Waals surface area (Å²) in [6.07, 6.45) is 2.94. The van der Waals surface area contributed by atoms with Gasteiger partial charge in [-0.1, -0.05) is 50.2 Å². The molecule has 2 atom stereocenters. The lowest BCUT2D eigenvalue weighted by Gasteiger charge is -2.26. The lowest BCUT2D eigenvalue weighted by atomic mass is 10.1. The zero-order chi connectivity index (χ0) is 31.0. The van der Waals surface area contributed by atoms with Crippen molar-refractivity contribution in [2.75, 3.05) is 33.9 Å². The molecule has 0 fully saturated rings. The third kappa shape index (κ3) is 8.26. The topological polar surface area (TPSA) is 162 Å². The quantitative estimate of drug-likeness (QED) is 0.0658. The van der Waals surface area contributed by atoms with E-state index in [2.05, 4.69) is 25.0 Å². The number of aliphatic imine (C=N–C) groups is 1. The van der Waals surface area contributed by atoms with Crippen LogP contribution in [0.5, 0.6) is 5.75 Å². The highest BCUT2D eigenvalue weighted by atomic mass is 31.2. The number of nitrogens with zero attached hydrogens (tertiary/aromatic N) is 5. The van der Waals surface area contributed by atoms with E-state index in [-0.39, 0.29) is 49.6 Å². The predicted molar refractivity (Wildman–Crippen MR) is 162 cm³/mol. The van der Waals surface area contributed by atoms with Gasteiger partial charge in [-0.05, 0) is 24.3 Å². The Morgan fingerprint density at radius 1 is 1.19 bits per heavy atom. The van der Waals surface area contributed by atoms with Crippen LogP contribution in [0.3, 0.4) is 0 Å². The monoisotopic (exact) mass is 613 g/mol. The average molecular weight is 614 g/mol. The van der Waals surface area contributed by atoms with Gasteiger partial charge in [0.05, 0.1) is 32.5 Å². The van der Waals surface area contributed by atoms with Gasteiger partial charge < -0.3 is 18.9 Å². The highest BCUT2D eigenvalue weighted by Gasteiger charge is 2.36. The zero-order valence-corrected chi connectivity index (χ0v) is 25.6. The average Bonchev–Trinajstić information content (AvgIpc) is 3.38. The number of aromatic nitrogens is 4. The van der Waals surface area contributed by atoms with E-state index in [0.29, 0.717) is 5.75 Å². The van der Waals surface area contributed by atoms with Crippen molar-refractivity contribution in [3.8, 4) is 5.75 Å². The first-order valence-electron chi connectivity index (χ1n) is 13.7. The van der Waals surface area contributed by atoms with Crippen LogP contribution >= 0.6 is 7.75 Å². The first-order chi connectivity index (χ1) is 20.6. The molecule has 0 bridgehead atoms. The summed E-state index contributed by atoms with van der Waals surface area (Å²) >= 11 is 0. The van der Waals surface area contributed by atoms with Crippen LogP contribution < -0.4 is 15.2 Å². The molecule has 2 heterocycles. The number of ether oxygens (including phenoxy) is 2. The summed E-state index contributed by atoms with van der Waals surface area (Å²) in [5, 5.41) is 4.40. The summed E-state index contributed by atoms with van der Waals surface area (Å²) in [4.78, 5) is 41.9. The van der Waals surface area contributed by atoms with E-state index in [0.717, 1.165) is 10.8 Å². The standard InChI is InChI=1S/C28H36N7O7P/c1-6-40-27(37)23(19(2)3)33-43(38,42-22-13-9-11-20-10-7-8-12-21(20)22)41-15-14-39-18-35-17-29-24-25(35)31-28(32-26(24)36)30-16-34(4)5/h7-13,16-17,19,23H,6,14-15,18H2,1-5H3,(H,33,38)(H,31,32,36)/b30-16+/t23-,43?/m0/s1. The number of esters is 1. The molecule has 1 unspecified atom stereocenters. The molecule has 0 aliphatic carbocycles. The fourth-order valence-electron chi connectivity index (χ4n) is 4.02. The van der Waals surface area contributed by atoms with Crippen LogP contribution in [0.15, 0.2) is 58.6 Å². The molecule has 4 rings (SSSR count). The number of H-pyrrole nitrogens is 1. The van der Waals surface area contributed by atoms with E-state index in [9.17, 15) is 14.2 Å². The zero-order valence-electron chi connectivity index (χ0n) is 24.7. The van der Waals surface area contributed by atoms with Gasteiger partial charge in [-0.3, -0.25) is 23.7 Å². The lowest BCUT2D eigenvalue weighted by Crippen LogP contribution is -2.41. The van der Waals surface area contributed by atoms with Crippen LogP contribution in [0.25, 0.3) is 21.9 Å². The summed E-state index contributed by atoms with van der Waals surface area (Å²) in [5.41, 5.74) is -0.00663. The number of nitrogens with one attached hydrogen (secondary N) is 2. The maximum Gasteiger partial charge on any atom is 0.459 e. The molecule has 43 heavy (non-hydrogen) atoms. The molecule has 0 saturated carbocycles. The van der Waals surface area contributed by atoms with Crippen molar-refractivity contribution in [1.82, 2.24) is 29.5 Å². The molecule has 230 valence electrons. The summed E-state index contributed by atoms with van der Waals surface area (Å²) in [7, 11) is -0.543. The minimum atomic E-state index is -4.13. The molecule has 0 radical (unpaired) electrons. The molecule has 0 aliphatic rings. The molecule has 15 heteroatoms. The second kappa shape index (κ2) is 14.4. The predicted octanol–water partition coefficient (Wildman–Crippen LogP) is 3.85. The molecule has 4 aromatic rings. The van der Waals surface area contributed by atoms with Crippen molar-refractivity contribution in [2.45, 2.75) is 33.5 Å². The molecular weight excluding hydrogens is 577 g/mol. The third-order valence-electron chi connectivity index (χ3n) is 6.07. The van der Waals surface area contributed by atoms with Gasteiger partial charge >= 0.3 is 13.7 Å². The van der Waals surface area contributed by atoms with Crippen molar-refractivity contribution in [1.29, 1.82) is 0 Å². The Hall–Kier alpha value is -4.10. The van der Waals surface area contributed by atoms with Gasteiger partial charge in [0.2, 0.25) is 5.95 Å². The molecule has 14 nitrogen and oxygen atoms in total. The summed E-state index contributed by atoms with van der Waals surface area (Å²) < 4.78 is 38.3. The van der Waals surface area contributed by atoms with Crippen LogP contribution in [-0.4, -0.2) is 76.7 Å². The second-order valence-corrected chi connectivity index (χ2v) is 11.7. The smallest absolute Gasteiger partial charge is 0.459 e. The lowest BCUT2D eigenvalue weighted by molar-refractivity contribution is -0.146. The first-order valence-corrected chi connectivity index (χ1v) is 15.2. The van der Waals surface area contributed by atoms with E-state index in [1.807, 2.05) is 30.3 Å². The molecule has 2 aromatic carbocycles. The van der Waals surface area contributed by atoms with E-state index in [4.69, 9.17) is 18.5 Å². The largest absolute Gasteiger partial charge is 0.465 e. The molecule has 2 N–H and O–H groups in total. The Kier molecular flexibility index (Phi) is 10.6. The van der Waals surface area contributed by atoms with Crippen LogP contribution in [0.4, 0.5) is 5.95 Å². The van der Waals surface area contributed by atoms with Gasteiger partial charge in [0.1, 0.15) is 18.5 Å². The summed E-state index contributed by atoms with van der Waals surface area (Å²) in [6, 6.07) is 11.9. The number of hydrogen-bond acceptors (Lipinski definition) is 10. The van der Waals surface area contributed by atoms with E-state index in [1.54, 1.807) is 56.5 Å². The Morgan fingerprint density at radius 2 is 1.95 bits per heavy atom. The van der Waals surface area contributed by atoms with Gasteiger partial charge in [-0.25, -0.2) is 14.5 Å². The van der Waals surface area contributed by atoms with Crippen molar-refractivity contribution < 1.29 is 27.9 Å². The molecule has 0 amide bonds. The number of carbonyl (C=O) groups excluding carboxylic acids is 1. The van der Waals surface area contributed by atoms with Gasteiger partial charge in [-0.15, -0.1) is 0 Å². The van der Waals surface area contributed by atoms with Crippen molar-refractivity contribution in [3.63, 3.8) is 0 Å². The Bertz CT molecular complexity index is 1680. The summed E-state index contributed by atoms with van der Waals surface area (Å²) in [5.74, 6) is -0.395. The Labute approximate surface area is 248 Å². The first kappa shape index (κ1) is 31.8. The number of hydrogen-bond donors (Lipinski definition) is 2. The molecular formula is C28H36N7O7P. The van der Waals surface area contributed by atoms with Crippen molar-refractivity contribution in [3.05, 3.63) is 59.1 Å². The van der Waals surface area contributed by atoms with Crippen LogP contribution in [0.1, 0.15) is 20.8 Å². The Morgan fingerprint density at radius 3 is 2.70 bits per heavy atom. The van der Waals surface area contributed by atoms with Crippen LogP contribution in [0.2, 0.25) is 0 Å². The van der Waals surface area contributed by atoms with Crippen LogP contribution in [0, 0.1) is 5.92 Å². The highest BCUT2D eigenvalue weighted by Crippen LogP contribution is 2.47. The van der Waals surface area contributed by atoms with Crippen molar-refractivity contribution >= 4 is 47.9 Å². The molecule has 2 aromatic heterocycles. The fourth-order valence-corrected chi connectivity index (χ4v) is 5.68. The molecule has 0 aliphatic heterocycles. The van der Waals surface area contributed by atoms with E-state index >= 15 is 0 Å². The minimum absolute atomic E-state index is 0.00910. The number of fused-ring (bicyclic) bond motifs is 2. The third-order valence-corrected chi connectivity index (χ3v) is 7.62. The second-order valence-electron chi connectivity index (χ2n) is 10.0. The summed E-state index contributed by atoms with van der Waals surface area (Å²) in [6.45, 7) is 5.28. The number of benzene rings is 2. The maximum atomic E-state index is 14.1. The van der Waals surface area contributed by atoms with Gasteiger partial charge in [0, 0.05) is 19.5 Å². The SMILES string of the molecule is CCOC(=O)[C@@H](NP(=O)(OCCOCn1cnc2c(=O)[nH]c(/N=C/N(C)C)nc21)Oc1cccc2ccccc12)C(C)C. The number of rotatable bonds is 15.